The van der Waals surface area contributed by atoms with Crippen LogP contribution in [-0.2, 0) is 4.79 Å². The summed E-state index contributed by atoms with van der Waals surface area (Å²) in [5.74, 6) is 1.32. The molecule has 1 unspecified atom stereocenters. The zero-order chi connectivity index (χ0) is 20.1. The van der Waals surface area contributed by atoms with Gasteiger partial charge in [-0.1, -0.05) is 44.2 Å². The van der Waals surface area contributed by atoms with Gasteiger partial charge in [-0.3, -0.25) is 4.79 Å². The highest BCUT2D eigenvalue weighted by atomic mass is 16.5. The van der Waals surface area contributed by atoms with Gasteiger partial charge >= 0.3 is 0 Å². The second-order valence-corrected chi connectivity index (χ2v) is 6.55. The molecule has 0 aliphatic heterocycles. The topological polar surface area (TPSA) is 91.2 Å². The minimum atomic E-state index is -0.613. The number of nitrogens with zero attached hydrogens (tertiary/aromatic N) is 4. The van der Waals surface area contributed by atoms with Gasteiger partial charge in [-0.15, -0.1) is 10.2 Å². The van der Waals surface area contributed by atoms with Gasteiger partial charge in [0.05, 0.1) is 14.2 Å². The third-order valence-electron chi connectivity index (χ3n) is 4.26. The number of hydrogen-bond acceptors (Lipinski definition) is 6. The minimum absolute atomic E-state index is 0.0435. The first kappa shape index (κ1) is 19.3. The van der Waals surface area contributed by atoms with Gasteiger partial charge in [0.1, 0.15) is 0 Å². The lowest BCUT2D eigenvalue weighted by Crippen LogP contribution is -2.31. The second-order valence-electron chi connectivity index (χ2n) is 6.55. The number of rotatable bonds is 7. The van der Waals surface area contributed by atoms with Gasteiger partial charge in [0, 0.05) is 17.3 Å². The molecular formula is C20H23N5O3. The first-order chi connectivity index (χ1) is 13.5. The third kappa shape index (κ3) is 4.11. The fourth-order valence-corrected chi connectivity index (χ4v) is 2.85. The van der Waals surface area contributed by atoms with Crippen LogP contribution in [0.5, 0.6) is 11.5 Å². The Morgan fingerprint density at radius 2 is 1.75 bits per heavy atom. The summed E-state index contributed by atoms with van der Waals surface area (Å²) in [5.41, 5.74) is 1.44. The number of anilines is 1. The predicted molar refractivity (Wildman–Crippen MR) is 105 cm³/mol. The number of benzene rings is 2. The summed E-state index contributed by atoms with van der Waals surface area (Å²) in [5, 5.41) is 15.5. The summed E-state index contributed by atoms with van der Waals surface area (Å²) >= 11 is 0. The molecule has 1 atom stereocenters. The van der Waals surface area contributed by atoms with E-state index in [-0.39, 0.29) is 11.8 Å². The van der Waals surface area contributed by atoms with Crippen LogP contribution >= 0.6 is 0 Å². The Balaban J connectivity index is 1.83. The van der Waals surface area contributed by atoms with Crippen LogP contribution in [0.4, 0.5) is 5.69 Å². The molecule has 1 N–H and O–H groups in total. The number of carbonyl (C=O) groups is 1. The molecule has 146 valence electrons. The van der Waals surface area contributed by atoms with Crippen LogP contribution in [0, 0.1) is 5.92 Å². The smallest absolute Gasteiger partial charge is 0.251 e. The molecule has 0 spiro atoms. The van der Waals surface area contributed by atoms with Crippen LogP contribution in [0.25, 0.3) is 11.4 Å². The third-order valence-corrected chi connectivity index (χ3v) is 4.26. The van der Waals surface area contributed by atoms with Crippen LogP contribution < -0.4 is 14.8 Å². The highest BCUT2D eigenvalue weighted by Gasteiger charge is 2.27. The lowest BCUT2D eigenvalue weighted by atomic mass is 10.0. The molecule has 1 heterocycles. The largest absolute Gasteiger partial charge is 0.493 e. The van der Waals surface area contributed by atoms with Crippen LogP contribution in [0.1, 0.15) is 19.9 Å². The summed E-state index contributed by atoms with van der Waals surface area (Å²) in [6.45, 7) is 3.87. The van der Waals surface area contributed by atoms with Crippen LogP contribution in [0.3, 0.4) is 0 Å². The van der Waals surface area contributed by atoms with Gasteiger partial charge in [-0.05, 0) is 23.3 Å². The normalized spacial score (nSPS) is 11.9. The van der Waals surface area contributed by atoms with E-state index >= 15 is 0 Å². The van der Waals surface area contributed by atoms with Crippen molar-refractivity contribution in [1.29, 1.82) is 0 Å². The highest BCUT2D eigenvalue weighted by molar-refractivity contribution is 5.94. The van der Waals surface area contributed by atoms with Crippen molar-refractivity contribution in [3.8, 4) is 22.9 Å². The van der Waals surface area contributed by atoms with E-state index < -0.39 is 6.04 Å². The molecule has 0 saturated carbocycles. The maximum absolute atomic E-state index is 12.9. The fourth-order valence-electron chi connectivity index (χ4n) is 2.85. The van der Waals surface area contributed by atoms with Gasteiger partial charge < -0.3 is 14.8 Å². The Morgan fingerprint density at radius 3 is 2.39 bits per heavy atom. The maximum Gasteiger partial charge on any atom is 0.251 e. The van der Waals surface area contributed by atoms with Gasteiger partial charge in [0.25, 0.3) is 5.91 Å². The summed E-state index contributed by atoms with van der Waals surface area (Å²) in [6, 6.07) is 14.1. The van der Waals surface area contributed by atoms with Crippen molar-refractivity contribution in [2.75, 3.05) is 19.5 Å². The Morgan fingerprint density at radius 1 is 1.04 bits per heavy atom. The number of hydrogen-bond donors (Lipinski definition) is 1. The maximum atomic E-state index is 12.9. The van der Waals surface area contributed by atoms with E-state index in [1.807, 2.05) is 44.2 Å². The Labute approximate surface area is 163 Å². The van der Waals surface area contributed by atoms with Crippen molar-refractivity contribution in [2.24, 2.45) is 5.92 Å². The summed E-state index contributed by atoms with van der Waals surface area (Å²) in [6.07, 6.45) is 0. The molecule has 0 bridgehead atoms. The molecule has 0 aliphatic rings. The van der Waals surface area contributed by atoms with Gasteiger partial charge in [0.15, 0.2) is 17.5 Å². The van der Waals surface area contributed by atoms with E-state index in [1.165, 1.54) is 4.80 Å². The molecule has 1 amide bonds. The van der Waals surface area contributed by atoms with Gasteiger partial charge in [0.2, 0.25) is 5.82 Å². The SMILES string of the molecule is COc1ccc(NC(=O)C(C(C)C)n2nnc(-c3ccccc3)n2)cc1OC. The average molecular weight is 381 g/mol. The lowest BCUT2D eigenvalue weighted by Gasteiger charge is -2.19. The highest BCUT2D eigenvalue weighted by Crippen LogP contribution is 2.30. The van der Waals surface area contributed by atoms with E-state index in [9.17, 15) is 4.79 Å². The monoisotopic (exact) mass is 381 g/mol. The Bertz CT molecular complexity index is 940. The van der Waals surface area contributed by atoms with Crippen LogP contribution in [0.2, 0.25) is 0 Å². The summed E-state index contributed by atoms with van der Waals surface area (Å²) < 4.78 is 10.5. The Hall–Kier alpha value is -3.42. The molecule has 1 aromatic heterocycles. The first-order valence-electron chi connectivity index (χ1n) is 8.91. The van der Waals surface area contributed by atoms with Crippen molar-refractivity contribution < 1.29 is 14.3 Å². The number of amides is 1. The average Bonchev–Trinajstić information content (AvgIpc) is 3.17. The van der Waals surface area contributed by atoms with E-state index in [4.69, 9.17) is 9.47 Å². The molecule has 3 rings (SSSR count). The Kier molecular flexibility index (Phi) is 5.88. The second kappa shape index (κ2) is 8.51. The molecule has 0 fully saturated rings. The molecule has 8 heteroatoms. The van der Waals surface area contributed by atoms with E-state index in [1.54, 1.807) is 32.4 Å². The molecule has 28 heavy (non-hydrogen) atoms. The fraction of sp³-hybridized carbons (Fsp3) is 0.300. The van der Waals surface area contributed by atoms with E-state index in [0.29, 0.717) is 23.0 Å². The first-order valence-corrected chi connectivity index (χ1v) is 8.91. The van der Waals surface area contributed by atoms with Crippen LogP contribution in [-0.4, -0.2) is 40.3 Å². The lowest BCUT2D eigenvalue weighted by molar-refractivity contribution is -0.121. The molecule has 0 radical (unpaired) electrons. The predicted octanol–water partition coefficient (Wildman–Crippen LogP) is 3.19. The molecule has 0 saturated heterocycles. The molecule has 2 aromatic carbocycles. The van der Waals surface area contributed by atoms with Crippen molar-refractivity contribution in [3.05, 3.63) is 48.5 Å². The molecule has 0 aliphatic carbocycles. The standard InChI is InChI=1S/C20H23N5O3/c1-13(2)18(25-23-19(22-24-25)14-8-6-5-7-9-14)20(26)21-15-10-11-16(27-3)17(12-15)28-4/h5-13,18H,1-4H3,(H,21,26). The zero-order valence-corrected chi connectivity index (χ0v) is 16.3. The molecule has 3 aromatic rings. The van der Waals surface area contributed by atoms with Crippen molar-refractivity contribution >= 4 is 11.6 Å². The molecule has 8 nitrogen and oxygen atoms in total. The number of tetrazole rings is 1. The zero-order valence-electron chi connectivity index (χ0n) is 16.3. The minimum Gasteiger partial charge on any atom is -0.493 e. The van der Waals surface area contributed by atoms with E-state index in [2.05, 4.69) is 20.7 Å². The van der Waals surface area contributed by atoms with Crippen LogP contribution in [0.15, 0.2) is 48.5 Å². The van der Waals surface area contributed by atoms with Gasteiger partial charge in [-0.2, -0.15) is 4.80 Å². The van der Waals surface area contributed by atoms with Crippen molar-refractivity contribution in [3.63, 3.8) is 0 Å². The number of carbonyl (C=O) groups excluding carboxylic acids is 1. The quantitative estimate of drug-likeness (QED) is 0.676. The number of ether oxygens (including phenoxy) is 2. The number of nitrogens with one attached hydrogen (secondary N) is 1. The van der Waals surface area contributed by atoms with Crippen molar-refractivity contribution in [1.82, 2.24) is 20.2 Å². The number of methoxy groups -OCH3 is 2. The molecular weight excluding hydrogens is 358 g/mol. The number of aromatic nitrogens is 4. The van der Waals surface area contributed by atoms with E-state index in [0.717, 1.165) is 5.56 Å². The summed E-state index contributed by atoms with van der Waals surface area (Å²) in [7, 11) is 3.11. The van der Waals surface area contributed by atoms with Crippen molar-refractivity contribution in [2.45, 2.75) is 19.9 Å². The summed E-state index contributed by atoms with van der Waals surface area (Å²) in [4.78, 5) is 14.3. The van der Waals surface area contributed by atoms with Gasteiger partial charge in [-0.25, -0.2) is 0 Å².